The molecule has 98 valence electrons. The molecule has 2 rings (SSSR count). The third kappa shape index (κ3) is 3.30. The van der Waals surface area contributed by atoms with E-state index in [4.69, 9.17) is 11.6 Å². The first-order chi connectivity index (χ1) is 8.97. The Morgan fingerprint density at radius 2 is 2.16 bits per heavy atom. The highest BCUT2D eigenvalue weighted by molar-refractivity contribution is 9.10. The van der Waals surface area contributed by atoms with E-state index >= 15 is 0 Å². The van der Waals surface area contributed by atoms with Crippen LogP contribution in [0.2, 0.25) is 5.15 Å². The molecule has 2 aromatic rings. The highest BCUT2D eigenvalue weighted by Gasteiger charge is 2.13. The van der Waals surface area contributed by atoms with Gasteiger partial charge in [0.1, 0.15) is 11.0 Å². The molecule has 0 saturated carbocycles. The Labute approximate surface area is 122 Å². The Morgan fingerprint density at radius 3 is 2.84 bits per heavy atom. The molecule has 0 aliphatic heterocycles. The molecular weight excluding hydrogens is 335 g/mol. The number of pyridine rings is 1. The van der Waals surface area contributed by atoms with Crippen molar-refractivity contribution in [2.75, 3.05) is 5.32 Å². The van der Waals surface area contributed by atoms with E-state index in [1.807, 2.05) is 13.0 Å². The maximum atomic E-state index is 13.1. The summed E-state index contributed by atoms with van der Waals surface area (Å²) in [6.07, 6.45) is 0.960. The molecule has 0 aliphatic carbocycles. The van der Waals surface area contributed by atoms with E-state index in [-0.39, 0.29) is 10.7 Å². The van der Waals surface area contributed by atoms with E-state index in [1.165, 1.54) is 0 Å². The van der Waals surface area contributed by atoms with E-state index in [0.717, 1.165) is 22.3 Å². The lowest BCUT2D eigenvalue weighted by Gasteiger charge is -2.08. The maximum absolute atomic E-state index is 13.1. The molecule has 6 heteroatoms. The summed E-state index contributed by atoms with van der Waals surface area (Å²) in [6, 6.07) is 6.41. The van der Waals surface area contributed by atoms with Crippen LogP contribution in [0.25, 0.3) is 0 Å². The molecule has 0 aliphatic rings. The molecule has 3 nitrogen and oxygen atoms in total. The highest BCUT2D eigenvalue weighted by atomic mass is 79.9. The SMILES string of the molecule is Cc1ccc(NC(=O)c2cc(F)cnc2Cl)cc1Br. The maximum Gasteiger partial charge on any atom is 0.258 e. The first-order valence-corrected chi connectivity index (χ1v) is 6.53. The number of benzene rings is 1. The lowest BCUT2D eigenvalue weighted by Crippen LogP contribution is -2.13. The number of rotatable bonds is 2. The molecule has 0 radical (unpaired) electrons. The van der Waals surface area contributed by atoms with Gasteiger partial charge in [0.15, 0.2) is 0 Å². The molecule has 0 bridgehead atoms. The second-order valence-electron chi connectivity index (χ2n) is 3.91. The van der Waals surface area contributed by atoms with Gasteiger partial charge in [-0.15, -0.1) is 0 Å². The average Bonchev–Trinajstić information content (AvgIpc) is 2.36. The molecule has 1 heterocycles. The van der Waals surface area contributed by atoms with Gasteiger partial charge in [-0.2, -0.15) is 0 Å². The predicted molar refractivity (Wildman–Crippen MR) is 76.0 cm³/mol. The molecule has 0 saturated heterocycles. The normalized spacial score (nSPS) is 10.3. The summed E-state index contributed by atoms with van der Waals surface area (Å²) in [5, 5.41) is 2.60. The van der Waals surface area contributed by atoms with Crippen LogP contribution in [0.4, 0.5) is 10.1 Å². The van der Waals surface area contributed by atoms with Crippen LogP contribution in [-0.2, 0) is 0 Å². The zero-order chi connectivity index (χ0) is 14.0. The number of aryl methyl sites for hydroxylation is 1. The first-order valence-electron chi connectivity index (χ1n) is 5.36. The Morgan fingerprint density at radius 1 is 1.42 bits per heavy atom. The number of nitrogens with zero attached hydrogens (tertiary/aromatic N) is 1. The number of aromatic nitrogens is 1. The number of halogens is 3. The Hall–Kier alpha value is -1.46. The highest BCUT2D eigenvalue weighted by Crippen LogP contribution is 2.22. The minimum atomic E-state index is -0.611. The monoisotopic (exact) mass is 342 g/mol. The molecule has 0 spiro atoms. The Kier molecular flexibility index (Phi) is 4.17. The van der Waals surface area contributed by atoms with Crippen LogP contribution in [-0.4, -0.2) is 10.9 Å². The topological polar surface area (TPSA) is 42.0 Å². The molecular formula is C13H9BrClFN2O. The van der Waals surface area contributed by atoms with Crippen LogP contribution in [0.5, 0.6) is 0 Å². The van der Waals surface area contributed by atoms with Crippen molar-refractivity contribution < 1.29 is 9.18 Å². The van der Waals surface area contributed by atoms with Gasteiger partial charge in [0.05, 0.1) is 11.8 Å². The van der Waals surface area contributed by atoms with Crippen LogP contribution in [0.15, 0.2) is 34.9 Å². The predicted octanol–water partition coefficient (Wildman–Crippen LogP) is 4.20. The van der Waals surface area contributed by atoms with Gasteiger partial charge < -0.3 is 5.32 Å². The fourth-order valence-electron chi connectivity index (χ4n) is 1.45. The largest absolute Gasteiger partial charge is 0.322 e. The fourth-order valence-corrected chi connectivity index (χ4v) is 2.02. The number of amides is 1. The van der Waals surface area contributed by atoms with E-state index in [2.05, 4.69) is 26.2 Å². The lowest BCUT2D eigenvalue weighted by molar-refractivity contribution is 0.102. The van der Waals surface area contributed by atoms with E-state index < -0.39 is 11.7 Å². The summed E-state index contributed by atoms with van der Waals surface area (Å²) >= 11 is 9.13. The van der Waals surface area contributed by atoms with Gasteiger partial charge in [0, 0.05) is 10.2 Å². The van der Waals surface area contributed by atoms with Gasteiger partial charge in [-0.05, 0) is 30.7 Å². The summed E-state index contributed by atoms with van der Waals surface area (Å²) in [6.45, 7) is 1.93. The molecule has 0 unspecified atom stereocenters. The average molecular weight is 344 g/mol. The molecule has 1 N–H and O–H groups in total. The van der Waals surface area contributed by atoms with Gasteiger partial charge in [-0.1, -0.05) is 33.6 Å². The van der Waals surface area contributed by atoms with Crippen LogP contribution < -0.4 is 5.32 Å². The van der Waals surface area contributed by atoms with Gasteiger partial charge in [0.25, 0.3) is 5.91 Å². The first kappa shape index (κ1) is 14.0. The smallest absolute Gasteiger partial charge is 0.258 e. The molecule has 1 aromatic carbocycles. The van der Waals surface area contributed by atoms with Crippen molar-refractivity contribution in [3.8, 4) is 0 Å². The Balaban J connectivity index is 2.25. The van der Waals surface area contributed by atoms with Crippen LogP contribution in [0.3, 0.4) is 0 Å². The van der Waals surface area contributed by atoms with Gasteiger partial charge in [-0.25, -0.2) is 9.37 Å². The van der Waals surface area contributed by atoms with E-state index in [0.29, 0.717) is 5.69 Å². The second kappa shape index (κ2) is 5.67. The van der Waals surface area contributed by atoms with Gasteiger partial charge >= 0.3 is 0 Å². The molecule has 1 amide bonds. The molecule has 0 fully saturated rings. The van der Waals surface area contributed by atoms with E-state index in [9.17, 15) is 9.18 Å². The number of nitrogens with one attached hydrogen (secondary N) is 1. The lowest BCUT2D eigenvalue weighted by atomic mass is 10.2. The summed E-state index contributed by atoms with van der Waals surface area (Å²) in [7, 11) is 0. The standard InChI is InChI=1S/C13H9BrClFN2O/c1-7-2-3-9(5-11(7)14)18-13(19)10-4-8(16)6-17-12(10)15/h2-6H,1H3,(H,18,19). The number of carbonyl (C=O) groups is 1. The van der Waals surface area contributed by atoms with Crippen molar-refractivity contribution in [3.05, 3.63) is 57.0 Å². The Bertz CT molecular complexity index is 649. The van der Waals surface area contributed by atoms with Crippen LogP contribution in [0.1, 0.15) is 15.9 Å². The summed E-state index contributed by atoms with van der Waals surface area (Å²) in [4.78, 5) is 15.6. The third-order valence-electron chi connectivity index (χ3n) is 2.48. The van der Waals surface area contributed by atoms with Crippen molar-refractivity contribution in [1.82, 2.24) is 4.98 Å². The molecule has 0 atom stereocenters. The van der Waals surface area contributed by atoms with Crippen molar-refractivity contribution in [1.29, 1.82) is 0 Å². The quantitative estimate of drug-likeness (QED) is 0.831. The number of hydrogen-bond donors (Lipinski definition) is 1. The summed E-state index contributed by atoms with van der Waals surface area (Å²) in [5.41, 5.74) is 1.63. The van der Waals surface area contributed by atoms with Gasteiger partial charge in [-0.3, -0.25) is 4.79 Å². The van der Waals surface area contributed by atoms with Crippen molar-refractivity contribution in [2.24, 2.45) is 0 Å². The minimum absolute atomic E-state index is 0.00151. The van der Waals surface area contributed by atoms with Crippen LogP contribution >= 0.6 is 27.5 Å². The molecule has 1 aromatic heterocycles. The van der Waals surface area contributed by atoms with Crippen molar-refractivity contribution >= 4 is 39.1 Å². The number of hydrogen-bond acceptors (Lipinski definition) is 2. The summed E-state index contributed by atoms with van der Waals surface area (Å²) < 4.78 is 13.9. The molecule has 19 heavy (non-hydrogen) atoms. The summed E-state index contributed by atoms with van der Waals surface area (Å²) in [5.74, 6) is -1.12. The van der Waals surface area contributed by atoms with Crippen LogP contribution in [0, 0.1) is 12.7 Å². The minimum Gasteiger partial charge on any atom is -0.322 e. The second-order valence-corrected chi connectivity index (χ2v) is 5.12. The van der Waals surface area contributed by atoms with Gasteiger partial charge in [0.2, 0.25) is 0 Å². The zero-order valence-electron chi connectivity index (χ0n) is 9.88. The zero-order valence-corrected chi connectivity index (χ0v) is 12.2. The van der Waals surface area contributed by atoms with Crippen molar-refractivity contribution in [2.45, 2.75) is 6.92 Å². The number of anilines is 1. The number of carbonyl (C=O) groups excluding carboxylic acids is 1. The van der Waals surface area contributed by atoms with Crippen molar-refractivity contribution in [3.63, 3.8) is 0 Å². The fraction of sp³-hybridized carbons (Fsp3) is 0.0769. The third-order valence-corrected chi connectivity index (χ3v) is 3.64. The van der Waals surface area contributed by atoms with E-state index in [1.54, 1.807) is 12.1 Å².